The van der Waals surface area contributed by atoms with E-state index < -0.39 is 5.97 Å². The molecule has 0 saturated heterocycles. The summed E-state index contributed by atoms with van der Waals surface area (Å²) >= 11 is 5.50. The molecule has 0 saturated carbocycles. The van der Waals surface area contributed by atoms with E-state index >= 15 is 0 Å². The van der Waals surface area contributed by atoms with E-state index in [2.05, 4.69) is 11.7 Å². The fourth-order valence-corrected chi connectivity index (χ4v) is 1.40. The quantitative estimate of drug-likeness (QED) is 0.780. The molecule has 0 bridgehead atoms. The van der Waals surface area contributed by atoms with Gasteiger partial charge in [0.05, 0.1) is 6.54 Å². The first-order valence-electron chi connectivity index (χ1n) is 5.21. The summed E-state index contributed by atoms with van der Waals surface area (Å²) in [5, 5.41) is 4.29. The van der Waals surface area contributed by atoms with Crippen molar-refractivity contribution in [2.45, 2.75) is 6.54 Å². The van der Waals surface area contributed by atoms with Crippen LogP contribution in [0.4, 0.5) is 0 Å². The summed E-state index contributed by atoms with van der Waals surface area (Å²) in [7, 11) is 0. The maximum atomic E-state index is 11.5. The normalized spacial score (nSPS) is 10.3. The van der Waals surface area contributed by atoms with Crippen LogP contribution in [0.1, 0.15) is 16.3 Å². The van der Waals surface area contributed by atoms with Gasteiger partial charge in [-0.05, 0) is 18.2 Å². The number of halogens is 1. The van der Waals surface area contributed by atoms with Crippen LogP contribution in [0.5, 0.6) is 0 Å². The molecule has 2 aromatic heterocycles. The first-order chi connectivity index (χ1) is 8.65. The van der Waals surface area contributed by atoms with Gasteiger partial charge in [0.15, 0.2) is 0 Å². The highest BCUT2D eigenvalue weighted by Gasteiger charge is 2.13. The molecule has 94 valence electrons. The Morgan fingerprint density at radius 2 is 2.39 bits per heavy atom. The van der Waals surface area contributed by atoms with Crippen molar-refractivity contribution in [2.24, 2.45) is 0 Å². The molecule has 0 radical (unpaired) electrons. The number of carbonyl (C=O) groups is 1. The van der Waals surface area contributed by atoms with E-state index in [1.807, 2.05) is 6.07 Å². The summed E-state index contributed by atoms with van der Waals surface area (Å²) in [5.74, 6) is 0.189. The first kappa shape index (κ1) is 12.4. The van der Waals surface area contributed by atoms with Crippen LogP contribution in [0.25, 0.3) is 0 Å². The Balaban J connectivity index is 1.97. The predicted octanol–water partition coefficient (Wildman–Crippen LogP) is 2.43. The average molecular weight is 267 g/mol. The molecule has 2 aromatic rings. The smallest absolute Gasteiger partial charge is 0.374 e. The predicted molar refractivity (Wildman–Crippen MR) is 65.3 cm³/mol. The fourth-order valence-electron chi connectivity index (χ4n) is 1.34. The fraction of sp³-hybridized carbons (Fsp3) is 0.167. The number of hydrogen-bond donors (Lipinski definition) is 0. The van der Waals surface area contributed by atoms with Crippen molar-refractivity contribution in [3.05, 3.63) is 53.7 Å². The Hall–Kier alpha value is -2.01. The van der Waals surface area contributed by atoms with Gasteiger partial charge in [-0.1, -0.05) is 18.2 Å². The summed E-state index contributed by atoms with van der Waals surface area (Å²) in [6.07, 6.45) is 3.47. The van der Waals surface area contributed by atoms with Crippen molar-refractivity contribution < 1.29 is 13.9 Å². The molecule has 6 heteroatoms. The van der Waals surface area contributed by atoms with Crippen molar-refractivity contribution >= 4 is 17.6 Å². The standard InChI is InChI=1S/C12H11ClN2O3/c1-9(13)8-17-12(16)11-4-3-10(18-11)7-15-6-2-5-14-15/h2-6H,1,7-8H2. The van der Waals surface area contributed by atoms with Crippen molar-refractivity contribution in [2.75, 3.05) is 6.61 Å². The number of rotatable bonds is 5. The Kier molecular flexibility index (Phi) is 3.84. The maximum Gasteiger partial charge on any atom is 0.374 e. The second-order valence-electron chi connectivity index (χ2n) is 3.56. The zero-order valence-corrected chi connectivity index (χ0v) is 10.3. The largest absolute Gasteiger partial charge is 0.454 e. The zero-order chi connectivity index (χ0) is 13.0. The minimum atomic E-state index is -0.566. The lowest BCUT2D eigenvalue weighted by molar-refractivity contribution is 0.0507. The molecule has 0 N–H and O–H groups in total. The lowest BCUT2D eigenvalue weighted by Crippen LogP contribution is -2.05. The van der Waals surface area contributed by atoms with Crippen molar-refractivity contribution in [1.29, 1.82) is 0 Å². The Morgan fingerprint density at radius 3 is 3.06 bits per heavy atom. The van der Waals surface area contributed by atoms with E-state index in [9.17, 15) is 4.79 Å². The molecule has 18 heavy (non-hydrogen) atoms. The molecular formula is C12H11ClN2O3. The van der Waals surface area contributed by atoms with E-state index in [0.717, 1.165) is 0 Å². The van der Waals surface area contributed by atoms with E-state index in [1.165, 1.54) is 0 Å². The number of ether oxygens (including phenoxy) is 1. The van der Waals surface area contributed by atoms with Crippen LogP contribution in [0.2, 0.25) is 0 Å². The number of furan rings is 1. The van der Waals surface area contributed by atoms with Crippen LogP contribution in [-0.2, 0) is 11.3 Å². The summed E-state index contributed by atoms with van der Waals surface area (Å²) < 4.78 is 11.9. The van der Waals surface area contributed by atoms with E-state index in [0.29, 0.717) is 12.3 Å². The van der Waals surface area contributed by atoms with Gasteiger partial charge < -0.3 is 9.15 Å². The first-order valence-corrected chi connectivity index (χ1v) is 5.59. The number of esters is 1. The lowest BCUT2D eigenvalue weighted by atomic mass is 10.4. The Bertz CT molecular complexity index is 545. The summed E-state index contributed by atoms with van der Waals surface area (Å²) in [5.41, 5.74) is 0. The number of hydrogen-bond acceptors (Lipinski definition) is 4. The maximum absolute atomic E-state index is 11.5. The average Bonchev–Trinajstić information content (AvgIpc) is 2.98. The van der Waals surface area contributed by atoms with Crippen molar-refractivity contribution in [1.82, 2.24) is 9.78 Å². The highest BCUT2D eigenvalue weighted by Crippen LogP contribution is 2.11. The highest BCUT2D eigenvalue weighted by atomic mass is 35.5. The van der Waals surface area contributed by atoms with Gasteiger partial charge in [0, 0.05) is 17.4 Å². The zero-order valence-electron chi connectivity index (χ0n) is 9.51. The third-order valence-corrected chi connectivity index (χ3v) is 2.21. The third-order valence-electron chi connectivity index (χ3n) is 2.10. The molecule has 0 aromatic carbocycles. The van der Waals surface area contributed by atoms with Gasteiger partial charge in [0.25, 0.3) is 0 Å². The SMILES string of the molecule is C=C(Cl)COC(=O)c1ccc(Cn2cccn2)o1. The number of nitrogens with zero attached hydrogens (tertiary/aromatic N) is 2. The van der Waals surface area contributed by atoms with Crippen LogP contribution in [0, 0.1) is 0 Å². The van der Waals surface area contributed by atoms with Crippen LogP contribution in [0.3, 0.4) is 0 Å². The van der Waals surface area contributed by atoms with Gasteiger partial charge in [-0.3, -0.25) is 4.68 Å². The molecule has 5 nitrogen and oxygen atoms in total. The van der Waals surface area contributed by atoms with Crippen LogP contribution >= 0.6 is 11.6 Å². The van der Waals surface area contributed by atoms with Gasteiger partial charge in [0.2, 0.25) is 5.76 Å². The summed E-state index contributed by atoms with van der Waals surface area (Å²) in [6, 6.07) is 5.07. The highest BCUT2D eigenvalue weighted by molar-refractivity contribution is 6.29. The minimum Gasteiger partial charge on any atom is -0.454 e. The van der Waals surface area contributed by atoms with Gasteiger partial charge >= 0.3 is 5.97 Å². The molecule has 0 aliphatic heterocycles. The molecule has 0 fully saturated rings. The molecular weight excluding hydrogens is 256 g/mol. The molecule has 2 rings (SSSR count). The second-order valence-corrected chi connectivity index (χ2v) is 4.10. The van der Waals surface area contributed by atoms with Crippen molar-refractivity contribution in [3.63, 3.8) is 0 Å². The van der Waals surface area contributed by atoms with Crippen LogP contribution < -0.4 is 0 Å². The Labute approximate surface area is 109 Å². The van der Waals surface area contributed by atoms with E-state index in [-0.39, 0.29) is 17.4 Å². The number of carbonyl (C=O) groups excluding carboxylic acids is 1. The molecule has 0 unspecified atom stereocenters. The third kappa shape index (κ3) is 3.24. The van der Waals surface area contributed by atoms with E-state index in [1.54, 1.807) is 29.2 Å². The van der Waals surface area contributed by atoms with Crippen molar-refractivity contribution in [3.8, 4) is 0 Å². The second kappa shape index (κ2) is 5.55. The molecule has 0 aliphatic rings. The number of aromatic nitrogens is 2. The molecule has 2 heterocycles. The van der Waals surface area contributed by atoms with E-state index in [4.69, 9.17) is 20.8 Å². The molecule has 0 spiro atoms. The van der Waals surface area contributed by atoms with Gasteiger partial charge in [0.1, 0.15) is 12.4 Å². The van der Waals surface area contributed by atoms with Crippen LogP contribution in [-0.4, -0.2) is 22.4 Å². The Morgan fingerprint density at radius 1 is 1.56 bits per heavy atom. The van der Waals surface area contributed by atoms with Gasteiger partial charge in [-0.25, -0.2) is 4.79 Å². The van der Waals surface area contributed by atoms with Gasteiger partial charge in [-0.2, -0.15) is 5.10 Å². The van der Waals surface area contributed by atoms with Gasteiger partial charge in [-0.15, -0.1) is 0 Å². The lowest BCUT2D eigenvalue weighted by Gasteiger charge is -2.00. The topological polar surface area (TPSA) is 57.3 Å². The summed E-state index contributed by atoms with van der Waals surface area (Å²) in [6.45, 7) is 3.85. The molecule has 0 amide bonds. The monoisotopic (exact) mass is 266 g/mol. The summed E-state index contributed by atoms with van der Waals surface area (Å²) in [4.78, 5) is 11.5. The molecule has 0 atom stereocenters. The van der Waals surface area contributed by atoms with Crippen LogP contribution in [0.15, 0.2) is 46.6 Å². The minimum absolute atomic E-state index is 0.0322. The molecule has 0 aliphatic carbocycles.